The van der Waals surface area contributed by atoms with Crippen LogP contribution in [-0.4, -0.2) is 19.4 Å². The molecule has 0 spiro atoms. The monoisotopic (exact) mass is 528 g/mol. The van der Waals surface area contributed by atoms with E-state index in [9.17, 15) is 4.79 Å². The van der Waals surface area contributed by atoms with Crippen LogP contribution in [-0.2, 0) is 9.47 Å². The maximum Gasteiger partial charge on any atom is 0.508 e. The lowest BCUT2D eigenvalue weighted by Crippen LogP contribution is -2.09. The summed E-state index contributed by atoms with van der Waals surface area (Å²) in [6, 6.07) is 0. The highest BCUT2D eigenvalue weighted by Gasteiger charge is 2.02. The van der Waals surface area contributed by atoms with Crippen LogP contribution in [0.5, 0.6) is 0 Å². The van der Waals surface area contributed by atoms with Crippen LogP contribution in [0.4, 0.5) is 4.79 Å². The average Bonchev–Trinajstić information content (AvgIpc) is 2.92. The summed E-state index contributed by atoms with van der Waals surface area (Å²) >= 11 is 0. The zero-order chi connectivity index (χ0) is 27.6. The van der Waals surface area contributed by atoms with Crippen molar-refractivity contribution >= 4 is 6.16 Å². The lowest BCUT2D eigenvalue weighted by molar-refractivity contribution is 0.0530. The van der Waals surface area contributed by atoms with Crippen LogP contribution in [0, 0.1) is 0 Å². The Bertz CT molecular complexity index is 627. The van der Waals surface area contributed by atoms with Gasteiger partial charge in [0.05, 0.1) is 13.2 Å². The predicted octanol–water partition coefficient (Wildman–Crippen LogP) is 11.8. The minimum atomic E-state index is -0.516. The van der Waals surface area contributed by atoms with E-state index in [1.807, 2.05) is 0 Å². The number of carbonyl (C=O) groups excluding carboxylic acids is 1. The Labute approximate surface area is 236 Å². The molecule has 0 bridgehead atoms. The van der Waals surface area contributed by atoms with Crippen molar-refractivity contribution in [2.45, 2.75) is 142 Å². The first-order valence-corrected chi connectivity index (χ1v) is 15.9. The zero-order valence-corrected chi connectivity index (χ0v) is 25.1. The first kappa shape index (κ1) is 36.0. The first-order chi connectivity index (χ1) is 18.8. The van der Waals surface area contributed by atoms with E-state index in [4.69, 9.17) is 9.47 Å². The van der Waals surface area contributed by atoms with Crippen molar-refractivity contribution in [1.29, 1.82) is 0 Å². The van der Waals surface area contributed by atoms with Crippen LogP contribution in [0.3, 0.4) is 0 Å². The van der Waals surface area contributed by atoms with Gasteiger partial charge in [-0.2, -0.15) is 0 Å². The van der Waals surface area contributed by atoms with Crippen molar-refractivity contribution in [3.05, 3.63) is 60.8 Å². The van der Waals surface area contributed by atoms with E-state index in [2.05, 4.69) is 74.6 Å². The average molecular weight is 529 g/mol. The Morgan fingerprint density at radius 1 is 0.421 bits per heavy atom. The largest absolute Gasteiger partial charge is 0.508 e. The van der Waals surface area contributed by atoms with Gasteiger partial charge in [0.1, 0.15) is 0 Å². The number of carbonyl (C=O) groups is 1. The fourth-order valence-electron chi connectivity index (χ4n) is 3.91. The maximum atomic E-state index is 11.6. The molecule has 0 saturated carbocycles. The molecule has 0 rings (SSSR count). The fraction of sp³-hybridized carbons (Fsp3) is 0.686. The SMILES string of the molecule is CCCCC=CCCCCCCCCOC(=O)OCCCCC=CCC=CCC=CCC=CCCCCC. The van der Waals surface area contributed by atoms with Gasteiger partial charge in [-0.25, -0.2) is 4.79 Å². The minimum absolute atomic E-state index is 0.444. The topological polar surface area (TPSA) is 35.5 Å². The Morgan fingerprint density at radius 2 is 0.763 bits per heavy atom. The molecule has 0 atom stereocenters. The van der Waals surface area contributed by atoms with Gasteiger partial charge in [-0.15, -0.1) is 0 Å². The van der Waals surface area contributed by atoms with E-state index in [1.165, 1.54) is 77.0 Å². The fourth-order valence-corrected chi connectivity index (χ4v) is 3.91. The van der Waals surface area contributed by atoms with Crippen molar-refractivity contribution in [3.63, 3.8) is 0 Å². The minimum Gasteiger partial charge on any atom is -0.434 e. The van der Waals surface area contributed by atoms with E-state index in [0.29, 0.717) is 13.2 Å². The molecule has 218 valence electrons. The van der Waals surface area contributed by atoms with Crippen molar-refractivity contribution in [2.24, 2.45) is 0 Å². The van der Waals surface area contributed by atoms with Crippen LogP contribution in [0.25, 0.3) is 0 Å². The molecule has 3 nitrogen and oxygen atoms in total. The number of rotatable bonds is 27. The van der Waals surface area contributed by atoms with Crippen LogP contribution >= 0.6 is 0 Å². The van der Waals surface area contributed by atoms with Gasteiger partial charge in [0.25, 0.3) is 0 Å². The summed E-state index contributed by atoms with van der Waals surface area (Å²) in [7, 11) is 0. The van der Waals surface area contributed by atoms with Crippen molar-refractivity contribution in [3.8, 4) is 0 Å². The molecule has 0 aliphatic rings. The molecule has 0 aliphatic heterocycles. The van der Waals surface area contributed by atoms with Crippen LogP contribution in [0.1, 0.15) is 142 Å². The Hall–Kier alpha value is -2.03. The number of ether oxygens (including phenoxy) is 2. The summed E-state index contributed by atoms with van der Waals surface area (Å²) in [6.45, 7) is 5.40. The summed E-state index contributed by atoms with van der Waals surface area (Å²) in [5.74, 6) is 0. The molecular formula is C35H60O3. The van der Waals surface area contributed by atoms with Gasteiger partial charge in [-0.3, -0.25) is 0 Å². The van der Waals surface area contributed by atoms with E-state index in [-0.39, 0.29) is 0 Å². The Morgan fingerprint density at radius 3 is 1.29 bits per heavy atom. The van der Waals surface area contributed by atoms with Gasteiger partial charge >= 0.3 is 6.16 Å². The maximum absolute atomic E-state index is 11.6. The first-order valence-electron chi connectivity index (χ1n) is 15.9. The van der Waals surface area contributed by atoms with Gasteiger partial charge in [0.15, 0.2) is 0 Å². The zero-order valence-electron chi connectivity index (χ0n) is 25.1. The van der Waals surface area contributed by atoms with E-state index < -0.39 is 6.16 Å². The van der Waals surface area contributed by atoms with Crippen LogP contribution < -0.4 is 0 Å². The van der Waals surface area contributed by atoms with Gasteiger partial charge in [0.2, 0.25) is 0 Å². The molecule has 3 heteroatoms. The van der Waals surface area contributed by atoms with Gasteiger partial charge < -0.3 is 9.47 Å². The van der Waals surface area contributed by atoms with Crippen molar-refractivity contribution < 1.29 is 14.3 Å². The van der Waals surface area contributed by atoms with Crippen LogP contribution in [0.15, 0.2) is 60.8 Å². The highest BCUT2D eigenvalue weighted by Crippen LogP contribution is 2.09. The highest BCUT2D eigenvalue weighted by atomic mass is 16.7. The molecule has 0 aromatic rings. The molecule has 0 amide bonds. The molecule has 0 aromatic carbocycles. The van der Waals surface area contributed by atoms with Gasteiger partial charge in [-0.1, -0.05) is 126 Å². The van der Waals surface area contributed by atoms with E-state index in [0.717, 1.165) is 51.4 Å². The second-order valence-corrected chi connectivity index (χ2v) is 10.1. The summed E-state index contributed by atoms with van der Waals surface area (Å²) in [4.78, 5) is 11.6. The van der Waals surface area contributed by atoms with E-state index in [1.54, 1.807) is 0 Å². The molecule has 0 aromatic heterocycles. The van der Waals surface area contributed by atoms with Crippen LogP contribution in [0.2, 0.25) is 0 Å². The second-order valence-electron chi connectivity index (χ2n) is 10.1. The molecule has 0 N–H and O–H groups in total. The molecule has 0 fully saturated rings. The highest BCUT2D eigenvalue weighted by molar-refractivity contribution is 5.59. The Kier molecular flexibility index (Phi) is 31.2. The second kappa shape index (κ2) is 33.0. The summed E-state index contributed by atoms with van der Waals surface area (Å²) < 4.78 is 10.3. The van der Waals surface area contributed by atoms with Crippen molar-refractivity contribution in [2.75, 3.05) is 13.2 Å². The standard InChI is InChI=1S/C35H60O3/c1-3-5-7-9-11-13-15-17-18-19-20-21-22-24-26-28-30-32-34-38-35(36)37-33-31-29-27-25-23-16-14-12-10-8-6-4-2/h10-13,17-18,20-21,24,26H,3-9,14-16,19,22-23,25,27-34H2,1-2H3. The van der Waals surface area contributed by atoms with Crippen molar-refractivity contribution in [1.82, 2.24) is 0 Å². The third-order valence-electron chi connectivity index (χ3n) is 6.32. The lowest BCUT2D eigenvalue weighted by Gasteiger charge is -2.06. The number of unbranched alkanes of at least 4 members (excludes halogenated alkanes) is 13. The lowest BCUT2D eigenvalue weighted by atomic mass is 10.1. The Balaban J connectivity index is 3.37. The third-order valence-corrected chi connectivity index (χ3v) is 6.32. The number of hydrogen-bond acceptors (Lipinski definition) is 3. The third kappa shape index (κ3) is 32.0. The van der Waals surface area contributed by atoms with Gasteiger partial charge in [-0.05, 0) is 77.0 Å². The smallest absolute Gasteiger partial charge is 0.434 e. The molecule has 38 heavy (non-hydrogen) atoms. The van der Waals surface area contributed by atoms with Gasteiger partial charge in [0, 0.05) is 0 Å². The number of allylic oxidation sites excluding steroid dienone is 10. The molecule has 0 aliphatic carbocycles. The summed E-state index contributed by atoms with van der Waals surface area (Å²) in [5.41, 5.74) is 0. The molecule has 0 heterocycles. The van der Waals surface area contributed by atoms with E-state index >= 15 is 0 Å². The molecule has 0 unspecified atom stereocenters. The summed E-state index contributed by atoms with van der Waals surface area (Å²) in [5, 5.41) is 0. The molecule has 0 radical (unpaired) electrons. The number of hydrogen-bond donors (Lipinski definition) is 0. The predicted molar refractivity (Wildman–Crippen MR) is 167 cm³/mol. The normalized spacial score (nSPS) is 12.3. The molecular weight excluding hydrogens is 468 g/mol. The summed E-state index contributed by atoms with van der Waals surface area (Å²) in [6.07, 6.45) is 45.3. The molecule has 0 saturated heterocycles. The quantitative estimate of drug-likeness (QED) is 0.0604.